The molecule has 0 saturated carbocycles. The van der Waals surface area contributed by atoms with E-state index >= 15 is 0 Å². The first-order chi connectivity index (χ1) is 16.7. The number of ether oxygens (including phenoxy) is 2. The van der Waals surface area contributed by atoms with Gasteiger partial charge in [0.25, 0.3) is 0 Å². The van der Waals surface area contributed by atoms with Crippen LogP contribution in [0.15, 0.2) is 54.6 Å². The second-order valence-corrected chi connectivity index (χ2v) is 9.30. The van der Waals surface area contributed by atoms with Gasteiger partial charge >= 0.3 is 0 Å². The highest BCUT2D eigenvalue weighted by Gasteiger charge is 2.50. The van der Waals surface area contributed by atoms with Crippen LogP contribution in [-0.4, -0.2) is 26.0 Å². The zero-order valence-electron chi connectivity index (χ0n) is 19.9. The van der Waals surface area contributed by atoms with Crippen molar-refractivity contribution >= 4 is 46.4 Å². The van der Waals surface area contributed by atoms with Gasteiger partial charge in [-0.15, -0.1) is 0 Å². The fourth-order valence-corrected chi connectivity index (χ4v) is 4.92. The van der Waals surface area contributed by atoms with E-state index in [4.69, 9.17) is 32.7 Å². The van der Waals surface area contributed by atoms with E-state index in [1.807, 2.05) is 25.1 Å². The van der Waals surface area contributed by atoms with Gasteiger partial charge in [-0.05, 0) is 66.6 Å². The van der Waals surface area contributed by atoms with Crippen LogP contribution in [0.25, 0.3) is 0 Å². The van der Waals surface area contributed by atoms with E-state index in [0.717, 1.165) is 16.8 Å². The molecule has 3 aromatic rings. The fourth-order valence-electron chi connectivity index (χ4n) is 4.44. The van der Waals surface area contributed by atoms with Crippen molar-refractivity contribution in [3.05, 3.63) is 81.3 Å². The molecule has 4 rings (SSSR count). The molecule has 3 aromatic carbocycles. The van der Waals surface area contributed by atoms with Gasteiger partial charge in [-0.2, -0.15) is 0 Å². The third-order valence-electron chi connectivity index (χ3n) is 6.39. The molecule has 1 unspecified atom stereocenters. The van der Waals surface area contributed by atoms with E-state index in [-0.39, 0.29) is 18.4 Å². The summed E-state index contributed by atoms with van der Waals surface area (Å²) in [5, 5.41) is 3.78. The van der Waals surface area contributed by atoms with Crippen LogP contribution in [0, 0.1) is 0 Å². The quantitative estimate of drug-likeness (QED) is 0.408. The number of hydrogen-bond donors (Lipinski definition) is 1. The van der Waals surface area contributed by atoms with Gasteiger partial charge in [0, 0.05) is 39.5 Å². The van der Waals surface area contributed by atoms with Crippen LogP contribution >= 0.6 is 23.2 Å². The number of carbonyl (C=O) groups is 2. The Kier molecular flexibility index (Phi) is 6.97. The maximum Gasteiger partial charge on any atom is 0.242 e. The molecule has 0 bridgehead atoms. The first-order valence-electron chi connectivity index (χ1n) is 11.2. The van der Waals surface area contributed by atoms with E-state index in [1.54, 1.807) is 62.4 Å². The molecule has 0 aliphatic carbocycles. The van der Waals surface area contributed by atoms with Gasteiger partial charge in [-0.25, -0.2) is 0 Å². The standard InChI is InChI=1S/C27H26Cl2N2O4/c1-5-25(32)30-18-8-10-22(29)20(13-18)27(2)21-12-17(28)7-11-23(21)31(26(27)33)15-16-6-9-19(34-3)14-24(16)35-4/h6-14H,5,15H2,1-4H3,(H,30,32). The molecule has 2 amide bonds. The number of anilines is 2. The molecule has 1 heterocycles. The predicted molar refractivity (Wildman–Crippen MR) is 139 cm³/mol. The highest BCUT2D eigenvalue weighted by atomic mass is 35.5. The number of nitrogens with zero attached hydrogens (tertiary/aromatic N) is 1. The van der Waals surface area contributed by atoms with Crippen molar-refractivity contribution in [2.75, 3.05) is 24.4 Å². The second-order valence-electron chi connectivity index (χ2n) is 8.45. The molecule has 1 aliphatic heterocycles. The van der Waals surface area contributed by atoms with E-state index in [9.17, 15) is 9.59 Å². The predicted octanol–water partition coefficient (Wildman–Crippen LogP) is 6.21. The SMILES string of the molecule is CCC(=O)Nc1ccc(Cl)c(C2(C)C(=O)N(Cc3ccc(OC)cc3OC)c3ccc(Cl)cc32)c1. The molecule has 0 aromatic heterocycles. The average Bonchev–Trinajstić information content (AvgIpc) is 3.07. The highest BCUT2D eigenvalue weighted by molar-refractivity contribution is 6.33. The maximum atomic E-state index is 14.1. The summed E-state index contributed by atoms with van der Waals surface area (Å²) < 4.78 is 10.9. The lowest BCUT2D eigenvalue weighted by Gasteiger charge is -2.27. The number of halogens is 2. The fraction of sp³-hybridized carbons (Fsp3) is 0.259. The van der Waals surface area contributed by atoms with Gasteiger partial charge in [0.2, 0.25) is 11.8 Å². The molecular formula is C27H26Cl2N2O4. The summed E-state index contributed by atoms with van der Waals surface area (Å²) in [6.07, 6.45) is 0.337. The highest BCUT2D eigenvalue weighted by Crippen LogP contribution is 2.50. The topological polar surface area (TPSA) is 67.9 Å². The number of amides is 2. The van der Waals surface area contributed by atoms with Crippen LogP contribution in [0.1, 0.15) is 37.0 Å². The Morgan fingerprint density at radius 1 is 1.00 bits per heavy atom. The Balaban J connectivity index is 1.83. The van der Waals surface area contributed by atoms with Crippen LogP contribution in [0.5, 0.6) is 11.5 Å². The molecule has 8 heteroatoms. The Morgan fingerprint density at radius 2 is 1.77 bits per heavy atom. The molecular weight excluding hydrogens is 487 g/mol. The first kappa shape index (κ1) is 24.9. The number of benzene rings is 3. The minimum Gasteiger partial charge on any atom is -0.497 e. The summed E-state index contributed by atoms with van der Waals surface area (Å²) in [5.74, 6) is 0.989. The number of fused-ring (bicyclic) bond motifs is 1. The molecule has 0 saturated heterocycles. The number of rotatable bonds is 7. The smallest absolute Gasteiger partial charge is 0.242 e. The van der Waals surface area contributed by atoms with Gasteiger partial charge in [0.1, 0.15) is 16.9 Å². The molecule has 35 heavy (non-hydrogen) atoms. The maximum absolute atomic E-state index is 14.1. The summed E-state index contributed by atoms with van der Waals surface area (Å²) in [5.41, 5.74) is 2.34. The van der Waals surface area contributed by atoms with Crippen LogP contribution in [0.2, 0.25) is 10.0 Å². The lowest BCUT2D eigenvalue weighted by atomic mass is 9.77. The van der Waals surface area contributed by atoms with E-state index < -0.39 is 5.41 Å². The molecule has 0 radical (unpaired) electrons. The number of methoxy groups -OCH3 is 2. The average molecular weight is 513 g/mol. The lowest BCUT2D eigenvalue weighted by molar-refractivity contribution is -0.121. The van der Waals surface area contributed by atoms with Gasteiger partial charge in [-0.3, -0.25) is 9.59 Å². The molecule has 1 N–H and O–H groups in total. The molecule has 0 fully saturated rings. The van der Waals surface area contributed by atoms with Crippen molar-refractivity contribution in [2.24, 2.45) is 0 Å². The van der Waals surface area contributed by atoms with Crippen LogP contribution in [-0.2, 0) is 21.5 Å². The zero-order chi connectivity index (χ0) is 25.3. The Morgan fingerprint density at radius 3 is 2.46 bits per heavy atom. The van der Waals surface area contributed by atoms with Gasteiger partial charge in [0.05, 0.1) is 20.8 Å². The number of nitrogens with one attached hydrogen (secondary N) is 1. The summed E-state index contributed by atoms with van der Waals surface area (Å²) >= 11 is 13.0. The van der Waals surface area contributed by atoms with Gasteiger partial charge < -0.3 is 19.7 Å². The zero-order valence-corrected chi connectivity index (χ0v) is 21.5. The van der Waals surface area contributed by atoms with Crippen LogP contribution in [0.4, 0.5) is 11.4 Å². The van der Waals surface area contributed by atoms with Gasteiger partial charge in [0.15, 0.2) is 0 Å². The Bertz CT molecular complexity index is 1310. The third-order valence-corrected chi connectivity index (χ3v) is 6.96. The van der Waals surface area contributed by atoms with Crippen molar-refractivity contribution in [1.82, 2.24) is 0 Å². The molecule has 1 atom stereocenters. The normalized spacial score (nSPS) is 16.7. The molecule has 182 valence electrons. The summed E-state index contributed by atoms with van der Waals surface area (Å²) in [4.78, 5) is 27.8. The van der Waals surface area contributed by atoms with Crippen LogP contribution < -0.4 is 19.7 Å². The molecule has 1 aliphatic rings. The van der Waals surface area contributed by atoms with Crippen molar-refractivity contribution in [1.29, 1.82) is 0 Å². The van der Waals surface area contributed by atoms with Gasteiger partial charge in [-0.1, -0.05) is 30.1 Å². The lowest BCUT2D eigenvalue weighted by Crippen LogP contribution is -2.39. The molecule has 0 spiro atoms. The monoisotopic (exact) mass is 512 g/mol. The van der Waals surface area contributed by atoms with Crippen molar-refractivity contribution in [3.63, 3.8) is 0 Å². The third kappa shape index (κ3) is 4.44. The molecule has 6 nitrogen and oxygen atoms in total. The van der Waals surface area contributed by atoms with Crippen molar-refractivity contribution in [3.8, 4) is 11.5 Å². The van der Waals surface area contributed by atoms with E-state index in [0.29, 0.717) is 39.2 Å². The Hall–Kier alpha value is -3.22. The minimum atomic E-state index is -1.12. The van der Waals surface area contributed by atoms with E-state index in [2.05, 4.69) is 5.32 Å². The summed E-state index contributed by atoms with van der Waals surface area (Å²) in [7, 11) is 3.17. The summed E-state index contributed by atoms with van der Waals surface area (Å²) in [6, 6.07) is 16.1. The largest absolute Gasteiger partial charge is 0.497 e. The number of hydrogen-bond acceptors (Lipinski definition) is 4. The minimum absolute atomic E-state index is 0.127. The summed E-state index contributed by atoms with van der Waals surface area (Å²) in [6.45, 7) is 3.89. The van der Waals surface area contributed by atoms with Crippen LogP contribution in [0.3, 0.4) is 0 Å². The van der Waals surface area contributed by atoms with Crippen molar-refractivity contribution < 1.29 is 19.1 Å². The Labute approximate surface area is 214 Å². The van der Waals surface area contributed by atoms with Crippen molar-refractivity contribution in [2.45, 2.75) is 32.2 Å². The second kappa shape index (κ2) is 9.80. The number of carbonyl (C=O) groups excluding carboxylic acids is 2. The van der Waals surface area contributed by atoms with E-state index in [1.165, 1.54) is 0 Å². The first-order valence-corrected chi connectivity index (χ1v) is 11.9.